The predicted octanol–water partition coefficient (Wildman–Crippen LogP) is 3.63. The molecule has 5 nitrogen and oxygen atoms in total. The second kappa shape index (κ2) is 7.96. The third-order valence-corrected chi connectivity index (χ3v) is 4.72. The van der Waals surface area contributed by atoms with Crippen molar-refractivity contribution in [3.63, 3.8) is 0 Å². The molecule has 27 heavy (non-hydrogen) atoms. The van der Waals surface area contributed by atoms with Crippen LogP contribution in [0.5, 0.6) is 5.75 Å². The summed E-state index contributed by atoms with van der Waals surface area (Å²) >= 11 is 0. The van der Waals surface area contributed by atoms with E-state index in [1.54, 1.807) is 0 Å². The van der Waals surface area contributed by atoms with Crippen molar-refractivity contribution < 1.29 is 22.7 Å². The molecule has 144 valence electrons. The van der Waals surface area contributed by atoms with Crippen molar-refractivity contribution in [1.29, 1.82) is 0 Å². The minimum atomic E-state index is -1.14. The summed E-state index contributed by atoms with van der Waals surface area (Å²) in [7, 11) is 1.27. The van der Waals surface area contributed by atoms with Crippen LogP contribution in [-0.2, 0) is 4.79 Å². The summed E-state index contributed by atoms with van der Waals surface area (Å²) in [4.78, 5) is 16.3. The van der Waals surface area contributed by atoms with Crippen molar-refractivity contribution in [3.8, 4) is 16.9 Å². The van der Waals surface area contributed by atoms with Crippen LogP contribution in [-0.4, -0.2) is 24.0 Å². The van der Waals surface area contributed by atoms with Crippen molar-refractivity contribution in [1.82, 2.24) is 4.98 Å². The van der Waals surface area contributed by atoms with E-state index >= 15 is 0 Å². The van der Waals surface area contributed by atoms with Crippen molar-refractivity contribution >= 4 is 11.7 Å². The molecule has 1 aliphatic carbocycles. The highest BCUT2D eigenvalue weighted by Gasteiger charge is 2.26. The summed E-state index contributed by atoms with van der Waals surface area (Å²) in [6.07, 6.45) is 3.98. The second-order valence-electron chi connectivity index (χ2n) is 6.63. The maximum Gasteiger partial charge on any atom is 0.228 e. The number of benzene rings is 1. The first-order chi connectivity index (χ1) is 12.9. The van der Waals surface area contributed by atoms with E-state index in [1.807, 2.05) is 0 Å². The van der Waals surface area contributed by atoms with Gasteiger partial charge < -0.3 is 15.8 Å². The van der Waals surface area contributed by atoms with Crippen molar-refractivity contribution in [2.75, 3.05) is 12.4 Å². The number of nitrogens with zero attached hydrogens (tertiary/aromatic N) is 1. The molecule has 1 aliphatic rings. The minimum Gasteiger partial charge on any atom is -0.496 e. The number of pyridine rings is 1. The lowest BCUT2D eigenvalue weighted by Gasteiger charge is -2.25. The smallest absolute Gasteiger partial charge is 0.228 e. The van der Waals surface area contributed by atoms with E-state index < -0.39 is 17.5 Å². The van der Waals surface area contributed by atoms with Gasteiger partial charge in [0, 0.05) is 29.2 Å². The summed E-state index contributed by atoms with van der Waals surface area (Å²) in [6.45, 7) is 0. The fourth-order valence-corrected chi connectivity index (χ4v) is 3.32. The van der Waals surface area contributed by atoms with Gasteiger partial charge in [0.2, 0.25) is 5.91 Å². The van der Waals surface area contributed by atoms with E-state index in [-0.39, 0.29) is 40.6 Å². The van der Waals surface area contributed by atoms with Crippen LogP contribution in [0, 0.1) is 23.4 Å². The number of nitrogens with two attached hydrogens (primary N) is 1. The lowest BCUT2D eigenvalue weighted by Crippen LogP contribution is -2.34. The van der Waals surface area contributed by atoms with Gasteiger partial charge in [0.25, 0.3) is 0 Å². The Bertz CT molecular complexity index is 860. The molecule has 2 aromatic rings. The summed E-state index contributed by atoms with van der Waals surface area (Å²) in [5.41, 5.74) is 5.87. The first-order valence-corrected chi connectivity index (χ1v) is 8.64. The van der Waals surface area contributed by atoms with Crippen LogP contribution < -0.4 is 15.8 Å². The zero-order valence-electron chi connectivity index (χ0n) is 14.8. The van der Waals surface area contributed by atoms with Crippen LogP contribution in [0.1, 0.15) is 25.7 Å². The molecule has 3 rings (SSSR count). The number of ether oxygens (including phenoxy) is 1. The molecular weight excluding hydrogens is 359 g/mol. The zero-order chi connectivity index (χ0) is 19.6. The molecule has 1 fully saturated rings. The van der Waals surface area contributed by atoms with E-state index in [0.29, 0.717) is 6.42 Å². The standard InChI is InChI=1S/C19H20F3N3O2/c1-27-17-8-15(21)14(20)6-13(17)12-7-18(24-9-16(12)22)25-19(26)10-3-2-4-11(23)5-10/h6-11H,2-5,23H2,1H3,(H,24,25,26)/t10-,11+/m0/s1. The summed E-state index contributed by atoms with van der Waals surface area (Å²) in [5, 5.41) is 2.65. The summed E-state index contributed by atoms with van der Waals surface area (Å²) in [6, 6.07) is 2.94. The van der Waals surface area contributed by atoms with Crippen molar-refractivity contribution in [2.24, 2.45) is 11.7 Å². The monoisotopic (exact) mass is 379 g/mol. The SMILES string of the molecule is COc1cc(F)c(F)cc1-c1cc(NC(=O)[C@H]2CCC[C@@H](N)C2)ncc1F. The molecular formula is C19H20F3N3O2. The van der Waals surface area contributed by atoms with Gasteiger partial charge in [-0.2, -0.15) is 0 Å². The molecule has 1 saturated carbocycles. The Morgan fingerprint density at radius 2 is 1.89 bits per heavy atom. The van der Waals surface area contributed by atoms with Gasteiger partial charge in [-0.05, 0) is 31.4 Å². The fraction of sp³-hybridized carbons (Fsp3) is 0.368. The molecule has 0 spiro atoms. The Balaban J connectivity index is 1.89. The molecule has 0 saturated heterocycles. The lowest BCUT2D eigenvalue weighted by molar-refractivity contribution is -0.120. The highest BCUT2D eigenvalue weighted by molar-refractivity contribution is 5.92. The maximum atomic E-state index is 14.3. The number of carbonyl (C=O) groups is 1. The number of hydrogen-bond donors (Lipinski definition) is 2. The lowest BCUT2D eigenvalue weighted by atomic mass is 9.85. The van der Waals surface area contributed by atoms with Gasteiger partial charge in [-0.1, -0.05) is 6.42 Å². The van der Waals surface area contributed by atoms with Crippen LogP contribution in [0.3, 0.4) is 0 Å². The largest absolute Gasteiger partial charge is 0.496 e. The number of hydrogen-bond acceptors (Lipinski definition) is 4. The molecule has 3 N–H and O–H groups in total. The molecule has 1 aromatic carbocycles. The number of carbonyl (C=O) groups excluding carboxylic acids is 1. The topological polar surface area (TPSA) is 77.2 Å². The number of rotatable bonds is 4. The highest BCUT2D eigenvalue weighted by atomic mass is 19.2. The molecule has 2 atom stereocenters. The molecule has 0 bridgehead atoms. The number of halogens is 3. The molecule has 0 aliphatic heterocycles. The molecule has 1 heterocycles. The molecule has 1 aromatic heterocycles. The quantitative estimate of drug-likeness (QED) is 0.851. The first kappa shape index (κ1) is 19.2. The van der Waals surface area contributed by atoms with E-state index in [1.165, 1.54) is 13.2 Å². The molecule has 1 amide bonds. The van der Waals surface area contributed by atoms with Crippen LogP contribution in [0.4, 0.5) is 19.0 Å². The maximum absolute atomic E-state index is 14.3. The van der Waals surface area contributed by atoms with Gasteiger partial charge in [-0.3, -0.25) is 4.79 Å². The van der Waals surface area contributed by atoms with Gasteiger partial charge >= 0.3 is 0 Å². The van der Waals surface area contributed by atoms with Crippen LogP contribution in [0.25, 0.3) is 11.1 Å². The third kappa shape index (κ3) is 4.21. The highest BCUT2D eigenvalue weighted by Crippen LogP contribution is 2.34. The fourth-order valence-electron chi connectivity index (χ4n) is 3.32. The average Bonchev–Trinajstić information content (AvgIpc) is 2.65. The normalized spacial score (nSPS) is 19.6. The third-order valence-electron chi connectivity index (χ3n) is 4.72. The van der Waals surface area contributed by atoms with E-state index in [4.69, 9.17) is 10.5 Å². The zero-order valence-corrected chi connectivity index (χ0v) is 14.8. The van der Waals surface area contributed by atoms with Gasteiger partial charge in [0.05, 0.1) is 13.3 Å². The van der Waals surface area contributed by atoms with Crippen molar-refractivity contribution in [3.05, 3.63) is 41.8 Å². The van der Waals surface area contributed by atoms with Gasteiger partial charge in [0.1, 0.15) is 17.4 Å². The van der Waals surface area contributed by atoms with Crippen LogP contribution in [0.15, 0.2) is 24.4 Å². The Morgan fingerprint density at radius 1 is 1.15 bits per heavy atom. The molecule has 0 unspecified atom stereocenters. The second-order valence-corrected chi connectivity index (χ2v) is 6.63. The van der Waals surface area contributed by atoms with Gasteiger partial charge in [-0.15, -0.1) is 0 Å². The van der Waals surface area contributed by atoms with E-state index in [9.17, 15) is 18.0 Å². The molecule has 0 radical (unpaired) electrons. The van der Waals surface area contributed by atoms with Crippen molar-refractivity contribution in [2.45, 2.75) is 31.7 Å². The number of amides is 1. The first-order valence-electron chi connectivity index (χ1n) is 8.64. The van der Waals surface area contributed by atoms with Gasteiger partial charge in [-0.25, -0.2) is 18.2 Å². The minimum absolute atomic E-state index is 0.0160. The summed E-state index contributed by atoms with van der Waals surface area (Å²) < 4.78 is 46.4. The summed E-state index contributed by atoms with van der Waals surface area (Å²) in [5.74, 6) is -3.39. The Morgan fingerprint density at radius 3 is 2.59 bits per heavy atom. The van der Waals surface area contributed by atoms with E-state index in [2.05, 4.69) is 10.3 Å². The predicted molar refractivity (Wildman–Crippen MR) is 94.7 cm³/mol. The molecule has 8 heteroatoms. The van der Waals surface area contributed by atoms with Crippen LogP contribution in [0.2, 0.25) is 0 Å². The Kier molecular flexibility index (Phi) is 5.65. The van der Waals surface area contributed by atoms with Gasteiger partial charge in [0.15, 0.2) is 11.6 Å². The number of aromatic nitrogens is 1. The number of nitrogens with one attached hydrogen (secondary N) is 1. The number of methoxy groups -OCH3 is 1. The van der Waals surface area contributed by atoms with Crippen LogP contribution >= 0.6 is 0 Å². The Hall–Kier alpha value is -2.61. The number of anilines is 1. The Labute approximate surface area is 154 Å². The van der Waals surface area contributed by atoms with E-state index in [0.717, 1.165) is 37.6 Å². The average molecular weight is 379 g/mol.